The SMILES string of the molecule is CC(=O)c1cccc(N2CC(O)C(C3CC3)C2)c1.CCCC(CCC(C)CC)c1cccc(CN)c1. The highest BCUT2D eigenvalue weighted by molar-refractivity contribution is 5.95. The van der Waals surface area contributed by atoms with Crippen LogP contribution in [0.2, 0.25) is 0 Å². The molecule has 2 aliphatic rings. The van der Waals surface area contributed by atoms with Crippen LogP contribution in [0.5, 0.6) is 0 Å². The molecule has 4 unspecified atom stereocenters. The number of hydrogen-bond donors (Lipinski definition) is 2. The lowest BCUT2D eigenvalue weighted by Crippen LogP contribution is -2.21. The van der Waals surface area contributed by atoms with Gasteiger partial charge in [-0.25, -0.2) is 0 Å². The van der Waals surface area contributed by atoms with E-state index in [2.05, 4.69) is 49.9 Å². The lowest BCUT2D eigenvalue weighted by molar-refractivity contribution is 0.101. The van der Waals surface area contributed by atoms with Gasteiger partial charge < -0.3 is 15.7 Å². The third kappa shape index (κ3) is 8.18. The van der Waals surface area contributed by atoms with Crippen molar-refractivity contribution in [3.05, 3.63) is 65.2 Å². The summed E-state index contributed by atoms with van der Waals surface area (Å²) in [6.07, 6.45) is 8.83. The highest BCUT2D eigenvalue weighted by Crippen LogP contribution is 2.42. The van der Waals surface area contributed by atoms with Gasteiger partial charge in [-0.05, 0) is 73.6 Å². The summed E-state index contributed by atoms with van der Waals surface area (Å²) in [5, 5.41) is 10.1. The Balaban J connectivity index is 0.000000201. The summed E-state index contributed by atoms with van der Waals surface area (Å²) >= 11 is 0. The van der Waals surface area contributed by atoms with Gasteiger partial charge in [0.15, 0.2) is 5.78 Å². The normalized spacial score (nSPS) is 21.0. The fourth-order valence-corrected chi connectivity index (χ4v) is 5.42. The van der Waals surface area contributed by atoms with Crippen molar-refractivity contribution in [1.82, 2.24) is 0 Å². The lowest BCUT2D eigenvalue weighted by Gasteiger charge is -2.19. The molecule has 1 saturated heterocycles. The van der Waals surface area contributed by atoms with E-state index in [0.29, 0.717) is 19.0 Å². The third-order valence-electron chi connectivity index (χ3n) is 8.18. The highest BCUT2D eigenvalue weighted by Gasteiger charge is 2.41. The number of nitrogens with zero attached hydrogens (tertiary/aromatic N) is 1. The van der Waals surface area contributed by atoms with Gasteiger partial charge in [0, 0.05) is 36.8 Å². The number of hydrogen-bond acceptors (Lipinski definition) is 4. The van der Waals surface area contributed by atoms with Crippen molar-refractivity contribution in [1.29, 1.82) is 0 Å². The number of carbonyl (C=O) groups is 1. The zero-order chi connectivity index (χ0) is 26.1. The number of anilines is 1. The first-order valence-corrected chi connectivity index (χ1v) is 14.2. The van der Waals surface area contributed by atoms with Gasteiger partial charge in [0.05, 0.1) is 6.10 Å². The molecule has 1 aliphatic carbocycles. The van der Waals surface area contributed by atoms with E-state index in [4.69, 9.17) is 5.73 Å². The topological polar surface area (TPSA) is 66.6 Å². The quantitative estimate of drug-likeness (QED) is 0.333. The van der Waals surface area contributed by atoms with Gasteiger partial charge in [0.1, 0.15) is 0 Å². The average Bonchev–Trinajstić information content (AvgIpc) is 3.67. The number of ketones is 1. The molecular weight excluding hydrogens is 444 g/mol. The summed E-state index contributed by atoms with van der Waals surface area (Å²) in [5.41, 5.74) is 10.3. The van der Waals surface area contributed by atoms with Gasteiger partial charge in [-0.2, -0.15) is 0 Å². The monoisotopic (exact) mass is 492 g/mol. The van der Waals surface area contributed by atoms with Crippen LogP contribution in [0.15, 0.2) is 48.5 Å². The van der Waals surface area contributed by atoms with Crippen LogP contribution < -0.4 is 10.6 Å². The van der Waals surface area contributed by atoms with Crippen molar-refractivity contribution in [2.45, 2.75) is 91.2 Å². The number of rotatable bonds is 11. The number of nitrogens with two attached hydrogens (primary N) is 1. The van der Waals surface area contributed by atoms with Crippen LogP contribution in [0.4, 0.5) is 5.69 Å². The Morgan fingerprint density at radius 3 is 2.44 bits per heavy atom. The van der Waals surface area contributed by atoms with Crippen molar-refractivity contribution in [2.75, 3.05) is 18.0 Å². The van der Waals surface area contributed by atoms with Crippen molar-refractivity contribution >= 4 is 11.5 Å². The predicted octanol–water partition coefficient (Wildman–Crippen LogP) is 6.95. The first-order chi connectivity index (χ1) is 17.4. The van der Waals surface area contributed by atoms with Crippen LogP contribution in [0, 0.1) is 17.8 Å². The second-order valence-electron chi connectivity index (χ2n) is 11.1. The molecule has 36 heavy (non-hydrogen) atoms. The van der Waals surface area contributed by atoms with Crippen LogP contribution in [-0.2, 0) is 6.54 Å². The minimum Gasteiger partial charge on any atom is -0.391 e. The van der Waals surface area contributed by atoms with Gasteiger partial charge in [-0.3, -0.25) is 4.79 Å². The lowest BCUT2D eigenvalue weighted by atomic mass is 9.86. The molecule has 0 aromatic heterocycles. The van der Waals surface area contributed by atoms with E-state index in [1.54, 1.807) is 6.92 Å². The Morgan fingerprint density at radius 2 is 1.81 bits per heavy atom. The maximum absolute atomic E-state index is 11.4. The smallest absolute Gasteiger partial charge is 0.159 e. The first-order valence-electron chi connectivity index (χ1n) is 14.2. The fourth-order valence-electron chi connectivity index (χ4n) is 5.42. The van der Waals surface area contributed by atoms with E-state index < -0.39 is 0 Å². The maximum atomic E-state index is 11.4. The van der Waals surface area contributed by atoms with Crippen LogP contribution >= 0.6 is 0 Å². The molecule has 2 aromatic carbocycles. The van der Waals surface area contributed by atoms with Crippen molar-refractivity contribution < 1.29 is 9.90 Å². The van der Waals surface area contributed by atoms with Crippen LogP contribution in [-0.4, -0.2) is 30.1 Å². The van der Waals surface area contributed by atoms with Gasteiger partial charge in [0.25, 0.3) is 0 Å². The van der Waals surface area contributed by atoms with Crippen LogP contribution in [0.3, 0.4) is 0 Å². The van der Waals surface area contributed by atoms with Gasteiger partial charge in [-0.15, -0.1) is 0 Å². The third-order valence-corrected chi connectivity index (χ3v) is 8.18. The van der Waals surface area contributed by atoms with E-state index >= 15 is 0 Å². The predicted molar refractivity (Wildman–Crippen MR) is 152 cm³/mol. The van der Waals surface area contributed by atoms with E-state index in [9.17, 15) is 9.90 Å². The average molecular weight is 493 g/mol. The van der Waals surface area contributed by atoms with Gasteiger partial charge in [-0.1, -0.05) is 76.4 Å². The molecule has 4 nitrogen and oxygen atoms in total. The van der Waals surface area contributed by atoms with Gasteiger partial charge in [0.2, 0.25) is 0 Å². The molecular formula is C32H48N2O2. The minimum atomic E-state index is -0.210. The molecule has 4 atom stereocenters. The Hall–Kier alpha value is -2.17. The molecule has 0 spiro atoms. The number of aliphatic hydroxyl groups excluding tert-OH is 1. The summed E-state index contributed by atoms with van der Waals surface area (Å²) in [5.74, 6) is 2.81. The number of β-amino-alcohol motifs (C(OH)–C–C–N with tert-alkyl or cyclic N) is 1. The second-order valence-corrected chi connectivity index (χ2v) is 11.1. The summed E-state index contributed by atoms with van der Waals surface area (Å²) in [4.78, 5) is 13.6. The molecule has 198 valence electrons. The standard InChI is InChI=1S/C17H29N.C15H19NO2/c1-4-7-16(11-10-14(3)5-2)17-9-6-8-15(12-17)13-18;1-10(17)12-3-2-4-13(7-12)16-8-14(11-5-6-11)15(18)9-16/h6,8-9,12,14,16H,4-5,7,10-11,13,18H2,1-3H3;2-4,7,11,14-15,18H,5-6,8-9H2,1H3. The van der Waals surface area contributed by atoms with Gasteiger partial charge >= 0.3 is 0 Å². The van der Waals surface area contributed by atoms with Crippen molar-refractivity contribution in [3.8, 4) is 0 Å². The molecule has 1 aliphatic heterocycles. The molecule has 4 rings (SSSR count). The summed E-state index contributed by atoms with van der Waals surface area (Å²) < 4.78 is 0. The first kappa shape index (κ1) is 28.4. The Morgan fingerprint density at radius 1 is 1.06 bits per heavy atom. The van der Waals surface area contributed by atoms with Crippen LogP contribution in [0.25, 0.3) is 0 Å². The fraction of sp³-hybridized carbons (Fsp3) is 0.594. The molecule has 3 N–H and O–H groups in total. The van der Waals surface area contributed by atoms with E-state index in [1.807, 2.05) is 24.3 Å². The maximum Gasteiger partial charge on any atom is 0.159 e. The number of Topliss-reactive ketones (excluding diaryl/α,β-unsaturated/α-hetero) is 1. The van der Waals surface area contributed by atoms with Crippen molar-refractivity contribution in [3.63, 3.8) is 0 Å². The molecule has 2 aromatic rings. The van der Waals surface area contributed by atoms with E-state index in [0.717, 1.165) is 35.5 Å². The number of carbonyl (C=O) groups excluding carboxylic acids is 1. The Kier molecular flexibility index (Phi) is 11.0. The summed E-state index contributed by atoms with van der Waals surface area (Å²) in [6, 6.07) is 16.6. The molecule has 2 fully saturated rings. The number of benzene rings is 2. The Labute approximate surface area is 219 Å². The summed E-state index contributed by atoms with van der Waals surface area (Å²) in [7, 11) is 0. The van der Waals surface area contributed by atoms with Crippen molar-refractivity contribution in [2.24, 2.45) is 23.5 Å². The second kappa shape index (κ2) is 13.9. The number of aliphatic hydroxyl groups is 1. The molecule has 4 heteroatoms. The van der Waals surface area contributed by atoms with Crippen LogP contribution in [0.1, 0.15) is 100 Å². The van der Waals surface area contributed by atoms with E-state index in [-0.39, 0.29) is 11.9 Å². The largest absolute Gasteiger partial charge is 0.391 e. The molecule has 0 radical (unpaired) electrons. The van der Waals surface area contributed by atoms with E-state index in [1.165, 1.54) is 56.1 Å². The molecule has 0 bridgehead atoms. The molecule has 1 heterocycles. The highest BCUT2D eigenvalue weighted by atomic mass is 16.3. The molecule has 1 saturated carbocycles. The zero-order valence-corrected chi connectivity index (χ0v) is 23.0. The summed E-state index contributed by atoms with van der Waals surface area (Å²) in [6.45, 7) is 10.8. The Bertz CT molecular complexity index is 955. The minimum absolute atomic E-state index is 0.0929. The molecule has 0 amide bonds. The zero-order valence-electron chi connectivity index (χ0n) is 23.0.